The highest BCUT2D eigenvalue weighted by molar-refractivity contribution is 5.94. The maximum absolute atomic E-state index is 12.6. The largest absolute Gasteiger partial charge is 0.339 e. The van der Waals surface area contributed by atoms with Gasteiger partial charge in [0.05, 0.1) is 16.7 Å². The maximum Gasteiger partial charge on any atom is 0.253 e. The van der Waals surface area contributed by atoms with Gasteiger partial charge >= 0.3 is 0 Å². The quantitative estimate of drug-likeness (QED) is 0.777. The zero-order valence-corrected chi connectivity index (χ0v) is 15.6. The second kappa shape index (κ2) is 7.32. The van der Waals surface area contributed by atoms with Crippen LogP contribution in [0.1, 0.15) is 16.1 Å². The van der Waals surface area contributed by atoms with Gasteiger partial charge in [0.1, 0.15) is 0 Å². The Labute approximate surface area is 158 Å². The molecule has 0 bridgehead atoms. The Morgan fingerprint density at radius 1 is 0.926 bits per heavy atom. The van der Waals surface area contributed by atoms with Crippen LogP contribution in [0, 0.1) is 6.92 Å². The molecule has 6 heteroatoms. The average Bonchev–Trinajstić information content (AvgIpc) is 2.69. The number of benzene rings is 2. The monoisotopic (exact) mass is 361 g/mol. The summed E-state index contributed by atoms with van der Waals surface area (Å²) in [6.45, 7) is 5.34. The van der Waals surface area contributed by atoms with Crippen molar-refractivity contribution in [3.05, 3.63) is 59.8 Å². The van der Waals surface area contributed by atoms with Crippen LogP contribution in [0.5, 0.6) is 0 Å². The summed E-state index contributed by atoms with van der Waals surface area (Å²) in [4.78, 5) is 26.0. The first kappa shape index (κ1) is 17.4. The minimum absolute atomic E-state index is 0.0938. The molecule has 2 aromatic carbocycles. The molecule has 1 N–H and O–H groups in total. The molecule has 2 heterocycles. The predicted molar refractivity (Wildman–Crippen MR) is 107 cm³/mol. The Kier molecular flexibility index (Phi) is 4.73. The molecule has 1 fully saturated rings. The second-order valence-corrected chi connectivity index (χ2v) is 6.94. The number of aryl methyl sites for hydroxylation is 1. The van der Waals surface area contributed by atoms with Crippen molar-refractivity contribution in [2.24, 2.45) is 0 Å². The minimum Gasteiger partial charge on any atom is -0.339 e. The average molecular weight is 361 g/mol. The predicted octanol–water partition coefficient (Wildman–Crippen LogP) is 3.07. The summed E-state index contributed by atoms with van der Waals surface area (Å²) >= 11 is 0. The van der Waals surface area contributed by atoms with Crippen LogP contribution in [0.25, 0.3) is 11.0 Å². The van der Waals surface area contributed by atoms with Crippen LogP contribution in [0.2, 0.25) is 0 Å². The Balaban J connectivity index is 1.49. The molecule has 0 spiro atoms. The van der Waals surface area contributed by atoms with E-state index in [2.05, 4.69) is 27.2 Å². The number of carbonyl (C=O) groups is 1. The summed E-state index contributed by atoms with van der Waals surface area (Å²) in [5.41, 5.74) is 4.18. The molecule has 1 aliphatic heterocycles. The summed E-state index contributed by atoms with van der Waals surface area (Å²) < 4.78 is 0. The number of carbonyl (C=O) groups excluding carboxylic acids is 1. The summed E-state index contributed by atoms with van der Waals surface area (Å²) in [5.74, 6) is 0.822. The van der Waals surface area contributed by atoms with Crippen molar-refractivity contribution in [3.63, 3.8) is 0 Å². The number of nitrogens with one attached hydrogen (secondary N) is 1. The van der Waals surface area contributed by atoms with E-state index in [1.54, 1.807) is 0 Å². The van der Waals surface area contributed by atoms with Crippen molar-refractivity contribution in [2.45, 2.75) is 6.92 Å². The number of hydrogen-bond acceptors (Lipinski definition) is 5. The van der Waals surface area contributed by atoms with Crippen molar-refractivity contribution in [3.8, 4) is 0 Å². The number of amides is 1. The molecular formula is C21H23N5O. The van der Waals surface area contributed by atoms with Crippen molar-refractivity contribution >= 4 is 28.4 Å². The summed E-state index contributed by atoms with van der Waals surface area (Å²) in [6, 6.07) is 15.4. The first-order valence-electron chi connectivity index (χ1n) is 9.18. The third-order valence-electron chi connectivity index (χ3n) is 4.93. The molecule has 1 aliphatic rings. The molecule has 1 amide bonds. The van der Waals surface area contributed by atoms with E-state index in [0.717, 1.165) is 54.4 Å². The molecule has 0 unspecified atom stereocenters. The molecule has 4 rings (SSSR count). The number of piperazine rings is 1. The van der Waals surface area contributed by atoms with Gasteiger partial charge in [0, 0.05) is 37.4 Å². The lowest BCUT2D eigenvalue weighted by atomic mass is 10.1. The van der Waals surface area contributed by atoms with Crippen LogP contribution in [-0.2, 0) is 0 Å². The van der Waals surface area contributed by atoms with Gasteiger partial charge in [-0.2, -0.15) is 0 Å². The standard InChI is InChI=1S/C21H23N5O/c1-15-20(24-19-6-4-3-5-18(19)22-15)23-17-9-7-16(8-10-17)21(27)26-13-11-25(2)12-14-26/h3-10H,11-14H2,1-2H3,(H,23,24). The molecule has 0 aliphatic carbocycles. The number of likely N-dealkylation sites (N-methyl/N-ethyl adjacent to an activating group) is 1. The van der Waals surface area contributed by atoms with Crippen LogP contribution in [0.3, 0.4) is 0 Å². The lowest BCUT2D eigenvalue weighted by molar-refractivity contribution is 0.0664. The Hall–Kier alpha value is -2.99. The first-order chi connectivity index (χ1) is 13.1. The lowest BCUT2D eigenvalue weighted by Crippen LogP contribution is -2.47. The number of aromatic nitrogens is 2. The van der Waals surface area contributed by atoms with E-state index in [-0.39, 0.29) is 5.91 Å². The minimum atomic E-state index is 0.0938. The van der Waals surface area contributed by atoms with Gasteiger partial charge in [-0.3, -0.25) is 4.79 Å². The number of para-hydroxylation sites is 2. The zero-order valence-electron chi connectivity index (χ0n) is 15.6. The highest BCUT2D eigenvalue weighted by Crippen LogP contribution is 2.21. The molecule has 1 saturated heterocycles. The van der Waals surface area contributed by atoms with Crippen molar-refractivity contribution in [1.29, 1.82) is 0 Å². The van der Waals surface area contributed by atoms with Crippen molar-refractivity contribution in [1.82, 2.24) is 19.8 Å². The smallest absolute Gasteiger partial charge is 0.253 e. The molecule has 27 heavy (non-hydrogen) atoms. The summed E-state index contributed by atoms with van der Waals surface area (Å²) in [5, 5.41) is 3.31. The number of anilines is 2. The lowest BCUT2D eigenvalue weighted by Gasteiger charge is -2.32. The van der Waals surface area contributed by atoms with Crippen LogP contribution in [-0.4, -0.2) is 58.9 Å². The van der Waals surface area contributed by atoms with E-state index in [4.69, 9.17) is 0 Å². The molecule has 138 valence electrons. The van der Waals surface area contributed by atoms with Crippen LogP contribution in [0.15, 0.2) is 48.5 Å². The van der Waals surface area contributed by atoms with E-state index in [9.17, 15) is 4.79 Å². The van der Waals surface area contributed by atoms with Gasteiger partial charge in [0.2, 0.25) is 0 Å². The van der Waals surface area contributed by atoms with Gasteiger partial charge in [-0.25, -0.2) is 9.97 Å². The highest BCUT2D eigenvalue weighted by atomic mass is 16.2. The van der Waals surface area contributed by atoms with E-state index in [1.165, 1.54) is 0 Å². The van der Waals surface area contributed by atoms with Crippen LogP contribution < -0.4 is 5.32 Å². The number of fused-ring (bicyclic) bond motifs is 1. The Bertz CT molecular complexity index is 962. The Morgan fingerprint density at radius 3 is 2.22 bits per heavy atom. The van der Waals surface area contributed by atoms with Gasteiger partial charge in [-0.1, -0.05) is 12.1 Å². The second-order valence-electron chi connectivity index (χ2n) is 6.94. The van der Waals surface area contributed by atoms with E-state index in [0.29, 0.717) is 5.56 Å². The van der Waals surface area contributed by atoms with Crippen molar-refractivity contribution in [2.75, 3.05) is 38.5 Å². The Morgan fingerprint density at radius 2 is 1.56 bits per heavy atom. The fourth-order valence-electron chi connectivity index (χ4n) is 3.23. The fourth-order valence-corrected chi connectivity index (χ4v) is 3.23. The molecule has 3 aromatic rings. The number of nitrogens with zero attached hydrogens (tertiary/aromatic N) is 4. The fraction of sp³-hybridized carbons (Fsp3) is 0.286. The van der Waals surface area contributed by atoms with Crippen LogP contribution >= 0.6 is 0 Å². The topological polar surface area (TPSA) is 61.4 Å². The summed E-state index contributed by atoms with van der Waals surface area (Å²) in [6.07, 6.45) is 0. The molecule has 6 nitrogen and oxygen atoms in total. The highest BCUT2D eigenvalue weighted by Gasteiger charge is 2.20. The van der Waals surface area contributed by atoms with Gasteiger partial charge in [0.25, 0.3) is 5.91 Å². The zero-order chi connectivity index (χ0) is 18.8. The molecular weight excluding hydrogens is 338 g/mol. The van der Waals surface area contributed by atoms with Gasteiger partial charge in [-0.05, 0) is 50.4 Å². The third kappa shape index (κ3) is 3.75. The normalized spacial score (nSPS) is 15.1. The number of hydrogen-bond donors (Lipinski definition) is 1. The van der Waals surface area contributed by atoms with Crippen molar-refractivity contribution < 1.29 is 4.79 Å². The van der Waals surface area contributed by atoms with Gasteiger partial charge in [0.15, 0.2) is 5.82 Å². The third-order valence-corrected chi connectivity index (χ3v) is 4.93. The number of rotatable bonds is 3. The maximum atomic E-state index is 12.6. The molecule has 0 radical (unpaired) electrons. The SMILES string of the molecule is Cc1nc2ccccc2nc1Nc1ccc(C(=O)N2CCN(C)CC2)cc1. The molecule has 0 saturated carbocycles. The van der Waals surface area contributed by atoms with Gasteiger partial charge in [-0.15, -0.1) is 0 Å². The first-order valence-corrected chi connectivity index (χ1v) is 9.18. The molecule has 1 aromatic heterocycles. The molecule has 0 atom stereocenters. The van der Waals surface area contributed by atoms with E-state index < -0.39 is 0 Å². The van der Waals surface area contributed by atoms with Crippen LogP contribution in [0.4, 0.5) is 11.5 Å². The van der Waals surface area contributed by atoms with E-state index >= 15 is 0 Å². The van der Waals surface area contributed by atoms with Gasteiger partial charge < -0.3 is 15.1 Å². The summed E-state index contributed by atoms with van der Waals surface area (Å²) in [7, 11) is 2.08. The van der Waals surface area contributed by atoms with E-state index in [1.807, 2.05) is 60.4 Å².